The van der Waals surface area contributed by atoms with E-state index in [0.717, 1.165) is 5.56 Å². The number of hydrogen-bond acceptors (Lipinski definition) is 3. The Bertz CT molecular complexity index is 444. The number of nitrogens with one attached hydrogen (secondary N) is 1. The third-order valence-electron chi connectivity index (χ3n) is 2.89. The second-order valence-electron chi connectivity index (χ2n) is 3.96. The summed E-state index contributed by atoms with van der Waals surface area (Å²) in [5, 5.41) is 14.4. The fourth-order valence-electron chi connectivity index (χ4n) is 1.77. The number of hydrogen-bond donors (Lipinski definition) is 2. The molecule has 6 heteroatoms. The van der Waals surface area contributed by atoms with E-state index in [1.54, 1.807) is 6.92 Å². The Morgan fingerprint density at radius 2 is 1.88 bits per heavy atom. The van der Waals surface area contributed by atoms with Gasteiger partial charge in [0.25, 0.3) is 0 Å². The molecule has 0 saturated carbocycles. The van der Waals surface area contributed by atoms with Crippen molar-refractivity contribution in [3.8, 4) is 0 Å². The molecule has 1 aliphatic rings. The second kappa shape index (κ2) is 4.32. The summed E-state index contributed by atoms with van der Waals surface area (Å²) in [6.45, 7) is 1.76. The number of rotatable bonds is 1. The Balaban J connectivity index is 2.32. The highest BCUT2D eigenvalue weighted by atomic mass is 35.6. The molecule has 1 aliphatic heterocycles. The van der Waals surface area contributed by atoms with Crippen molar-refractivity contribution in [2.75, 3.05) is 0 Å². The van der Waals surface area contributed by atoms with Crippen LogP contribution in [0.4, 0.5) is 0 Å². The van der Waals surface area contributed by atoms with Gasteiger partial charge in [0.05, 0.1) is 11.6 Å². The SMILES string of the molecule is CC1C(c2ccccc2)=NNC1(O)C(Cl)(Cl)Cl. The van der Waals surface area contributed by atoms with Gasteiger partial charge in [-0.05, 0) is 5.56 Å². The van der Waals surface area contributed by atoms with Crippen LogP contribution in [0.25, 0.3) is 0 Å². The summed E-state index contributed by atoms with van der Waals surface area (Å²) >= 11 is 17.3. The predicted octanol–water partition coefficient (Wildman–Crippen LogP) is 2.69. The van der Waals surface area contributed by atoms with Crippen LogP contribution in [-0.4, -0.2) is 20.3 Å². The molecule has 0 aromatic heterocycles. The highest BCUT2D eigenvalue weighted by Gasteiger charge is 2.56. The molecule has 1 aromatic rings. The van der Waals surface area contributed by atoms with E-state index in [1.165, 1.54) is 0 Å². The maximum absolute atomic E-state index is 10.3. The topological polar surface area (TPSA) is 44.6 Å². The molecule has 2 unspecified atom stereocenters. The molecular formula is C11H11Cl3N2O. The van der Waals surface area contributed by atoms with Gasteiger partial charge in [0.1, 0.15) is 0 Å². The molecule has 0 spiro atoms. The van der Waals surface area contributed by atoms with Gasteiger partial charge < -0.3 is 5.11 Å². The Morgan fingerprint density at radius 1 is 1.29 bits per heavy atom. The maximum Gasteiger partial charge on any atom is 0.239 e. The molecule has 92 valence electrons. The van der Waals surface area contributed by atoms with Crippen molar-refractivity contribution in [3.63, 3.8) is 0 Å². The molecule has 0 aliphatic carbocycles. The highest BCUT2D eigenvalue weighted by Crippen LogP contribution is 2.44. The first-order valence-electron chi connectivity index (χ1n) is 5.05. The fraction of sp³-hybridized carbons (Fsp3) is 0.364. The molecule has 2 N–H and O–H groups in total. The smallest absolute Gasteiger partial charge is 0.239 e. The normalized spacial score (nSPS) is 28.8. The Morgan fingerprint density at radius 3 is 2.35 bits per heavy atom. The third kappa shape index (κ3) is 2.13. The molecule has 0 radical (unpaired) electrons. The lowest BCUT2D eigenvalue weighted by Crippen LogP contribution is -2.55. The minimum absolute atomic E-state index is 0.433. The summed E-state index contributed by atoms with van der Waals surface area (Å²) in [5.74, 6) is -0.433. The van der Waals surface area contributed by atoms with E-state index >= 15 is 0 Å². The van der Waals surface area contributed by atoms with Crippen molar-refractivity contribution in [2.45, 2.75) is 16.4 Å². The number of benzene rings is 1. The van der Waals surface area contributed by atoms with Gasteiger partial charge in [-0.15, -0.1) is 0 Å². The molecule has 1 heterocycles. The highest BCUT2D eigenvalue weighted by molar-refractivity contribution is 6.68. The standard InChI is InChI=1S/C11H11Cl3N2O/c1-7-9(8-5-3-2-4-6-8)15-16-10(7,17)11(12,13)14/h2-7,16-17H,1H3. The molecule has 2 rings (SSSR count). The fourth-order valence-corrected chi connectivity index (χ4v) is 2.39. The largest absolute Gasteiger partial charge is 0.366 e. The summed E-state index contributed by atoms with van der Waals surface area (Å²) in [5.41, 5.74) is 2.38. The second-order valence-corrected chi connectivity index (χ2v) is 6.24. The van der Waals surface area contributed by atoms with Gasteiger partial charge in [-0.2, -0.15) is 5.10 Å². The van der Waals surface area contributed by atoms with Gasteiger partial charge in [-0.3, -0.25) is 5.43 Å². The molecular weight excluding hydrogens is 282 g/mol. The first-order chi connectivity index (χ1) is 7.86. The molecule has 0 amide bonds. The van der Waals surface area contributed by atoms with E-state index in [9.17, 15) is 5.11 Å². The zero-order valence-corrected chi connectivity index (χ0v) is 11.3. The van der Waals surface area contributed by atoms with Crippen molar-refractivity contribution in [1.82, 2.24) is 5.43 Å². The van der Waals surface area contributed by atoms with Crippen molar-refractivity contribution in [1.29, 1.82) is 0 Å². The van der Waals surface area contributed by atoms with E-state index in [-0.39, 0.29) is 0 Å². The molecule has 3 nitrogen and oxygen atoms in total. The lowest BCUT2D eigenvalue weighted by Gasteiger charge is -2.34. The Hall–Kier alpha value is -0.480. The Labute approximate surface area is 114 Å². The van der Waals surface area contributed by atoms with E-state index in [1.807, 2.05) is 30.3 Å². The number of alkyl halides is 3. The molecule has 2 atom stereocenters. The average molecular weight is 294 g/mol. The van der Waals surface area contributed by atoms with Gasteiger partial charge >= 0.3 is 0 Å². The van der Waals surface area contributed by atoms with Crippen LogP contribution in [0.5, 0.6) is 0 Å². The maximum atomic E-state index is 10.3. The van der Waals surface area contributed by atoms with Gasteiger partial charge in [-0.1, -0.05) is 72.1 Å². The average Bonchev–Trinajstić information content (AvgIpc) is 2.58. The number of hydrazone groups is 1. The number of aliphatic hydroxyl groups is 1. The third-order valence-corrected chi connectivity index (χ3v) is 3.75. The minimum Gasteiger partial charge on any atom is -0.366 e. The zero-order valence-electron chi connectivity index (χ0n) is 8.99. The van der Waals surface area contributed by atoms with Crippen LogP contribution in [0.3, 0.4) is 0 Å². The van der Waals surface area contributed by atoms with E-state index in [2.05, 4.69) is 10.5 Å². The van der Waals surface area contributed by atoms with Gasteiger partial charge in [-0.25, -0.2) is 0 Å². The van der Waals surface area contributed by atoms with Gasteiger partial charge in [0.2, 0.25) is 9.52 Å². The first-order valence-corrected chi connectivity index (χ1v) is 6.19. The molecule has 1 aromatic carbocycles. The van der Waals surface area contributed by atoms with Crippen LogP contribution in [0.15, 0.2) is 35.4 Å². The molecule has 0 fully saturated rings. The number of nitrogens with zero attached hydrogens (tertiary/aromatic N) is 1. The van der Waals surface area contributed by atoms with E-state index in [0.29, 0.717) is 5.71 Å². The van der Waals surface area contributed by atoms with Crippen LogP contribution in [0, 0.1) is 5.92 Å². The zero-order chi connectivity index (χ0) is 12.7. The molecule has 0 saturated heterocycles. The molecule has 17 heavy (non-hydrogen) atoms. The number of halogens is 3. The van der Waals surface area contributed by atoms with Crippen LogP contribution >= 0.6 is 34.8 Å². The summed E-state index contributed by atoms with van der Waals surface area (Å²) in [7, 11) is 0. The van der Waals surface area contributed by atoms with Crippen LogP contribution in [0.1, 0.15) is 12.5 Å². The lowest BCUT2D eigenvalue weighted by atomic mass is 9.91. The summed E-state index contributed by atoms with van der Waals surface area (Å²) in [4.78, 5) is 0. The monoisotopic (exact) mass is 292 g/mol. The summed E-state index contributed by atoms with van der Waals surface area (Å²) < 4.78 is -1.85. The van der Waals surface area contributed by atoms with Crippen LogP contribution < -0.4 is 5.43 Å². The molecule has 0 bridgehead atoms. The van der Waals surface area contributed by atoms with Gasteiger partial charge in [0, 0.05) is 0 Å². The summed E-state index contributed by atoms with van der Waals surface area (Å²) in [6.07, 6.45) is 0. The van der Waals surface area contributed by atoms with Crippen molar-refractivity contribution >= 4 is 40.5 Å². The van der Waals surface area contributed by atoms with Crippen molar-refractivity contribution in [3.05, 3.63) is 35.9 Å². The first kappa shape index (κ1) is 13.0. The lowest BCUT2D eigenvalue weighted by molar-refractivity contribution is -0.00487. The Kier molecular flexibility index (Phi) is 3.29. The van der Waals surface area contributed by atoms with Crippen molar-refractivity contribution < 1.29 is 5.11 Å². The minimum atomic E-state index is -1.85. The van der Waals surface area contributed by atoms with E-state index < -0.39 is 15.4 Å². The van der Waals surface area contributed by atoms with Crippen molar-refractivity contribution in [2.24, 2.45) is 11.0 Å². The van der Waals surface area contributed by atoms with E-state index in [4.69, 9.17) is 34.8 Å². The quantitative estimate of drug-likeness (QED) is 0.782. The predicted molar refractivity (Wildman–Crippen MR) is 70.5 cm³/mol. The summed E-state index contributed by atoms with van der Waals surface area (Å²) in [6, 6.07) is 9.45. The van der Waals surface area contributed by atoms with Crippen LogP contribution in [0.2, 0.25) is 0 Å². The van der Waals surface area contributed by atoms with Gasteiger partial charge in [0.15, 0.2) is 0 Å². The van der Waals surface area contributed by atoms with Crippen LogP contribution in [-0.2, 0) is 0 Å².